The lowest BCUT2D eigenvalue weighted by Gasteiger charge is -2.06. The highest BCUT2D eigenvalue weighted by Gasteiger charge is 2.14. The molecule has 8 heteroatoms. The molecule has 3 N–H and O–H groups in total. The van der Waals surface area contributed by atoms with Crippen molar-refractivity contribution in [1.29, 1.82) is 5.26 Å². The van der Waals surface area contributed by atoms with E-state index in [1.165, 1.54) is 6.20 Å². The maximum atomic E-state index is 12.6. The van der Waals surface area contributed by atoms with E-state index >= 15 is 0 Å². The van der Waals surface area contributed by atoms with Gasteiger partial charge in [-0.25, -0.2) is 4.98 Å². The Labute approximate surface area is 170 Å². The summed E-state index contributed by atoms with van der Waals surface area (Å²) in [7, 11) is 0. The van der Waals surface area contributed by atoms with Gasteiger partial charge in [-0.15, -0.1) is 11.3 Å². The minimum absolute atomic E-state index is 0.220. The molecular formula is C21H15N5O2S. The summed E-state index contributed by atoms with van der Waals surface area (Å²) < 4.78 is 0. The van der Waals surface area contributed by atoms with E-state index in [1.54, 1.807) is 47.9 Å². The molecule has 3 aromatic heterocycles. The number of nitrogens with zero attached hydrogens (tertiary/aromatic N) is 2. The molecule has 142 valence electrons. The van der Waals surface area contributed by atoms with Crippen LogP contribution in [0.3, 0.4) is 0 Å². The Morgan fingerprint density at radius 2 is 2.00 bits per heavy atom. The smallest absolute Gasteiger partial charge is 0.255 e. The lowest BCUT2D eigenvalue weighted by Crippen LogP contribution is -2.22. The number of nitriles is 1. The molecule has 29 heavy (non-hydrogen) atoms. The molecule has 0 aliphatic rings. The largest absolute Gasteiger partial charge is 0.347 e. The van der Waals surface area contributed by atoms with Crippen molar-refractivity contribution < 1.29 is 9.59 Å². The molecule has 4 aromatic rings. The third kappa shape index (κ3) is 4.00. The molecule has 0 spiro atoms. The zero-order valence-corrected chi connectivity index (χ0v) is 15.9. The number of hydrogen-bond acceptors (Lipinski definition) is 5. The van der Waals surface area contributed by atoms with Gasteiger partial charge >= 0.3 is 0 Å². The highest BCUT2D eigenvalue weighted by atomic mass is 32.1. The number of pyridine rings is 1. The highest BCUT2D eigenvalue weighted by Crippen LogP contribution is 2.21. The van der Waals surface area contributed by atoms with Crippen LogP contribution < -0.4 is 10.6 Å². The maximum Gasteiger partial charge on any atom is 0.255 e. The van der Waals surface area contributed by atoms with Crippen molar-refractivity contribution in [3.63, 3.8) is 0 Å². The van der Waals surface area contributed by atoms with E-state index < -0.39 is 0 Å². The summed E-state index contributed by atoms with van der Waals surface area (Å²) in [4.78, 5) is 33.3. The summed E-state index contributed by atoms with van der Waals surface area (Å²) >= 11 is 1.58. The van der Waals surface area contributed by atoms with Crippen LogP contribution in [0.15, 0.2) is 60.2 Å². The number of amides is 2. The number of aromatic amines is 1. The van der Waals surface area contributed by atoms with Crippen LogP contribution in [0.25, 0.3) is 11.0 Å². The van der Waals surface area contributed by atoms with E-state index in [0.717, 1.165) is 4.88 Å². The number of benzene rings is 1. The number of fused-ring (bicyclic) bond motifs is 1. The molecule has 7 nitrogen and oxygen atoms in total. The van der Waals surface area contributed by atoms with Crippen LogP contribution in [0.1, 0.15) is 31.2 Å². The molecule has 1 aromatic carbocycles. The van der Waals surface area contributed by atoms with Crippen molar-refractivity contribution in [2.24, 2.45) is 0 Å². The highest BCUT2D eigenvalue weighted by molar-refractivity contribution is 7.09. The van der Waals surface area contributed by atoms with Crippen LogP contribution in [0.2, 0.25) is 0 Å². The summed E-state index contributed by atoms with van der Waals surface area (Å²) in [6, 6.07) is 13.9. The van der Waals surface area contributed by atoms with Gasteiger partial charge in [0.2, 0.25) is 0 Å². The van der Waals surface area contributed by atoms with E-state index in [4.69, 9.17) is 5.26 Å². The van der Waals surface area contributed by atoms with Gasteiger partial charge in [-0.2, -0.15) is 5.26 Å². The van der Waals surface area contributed by atoms with Crippen LogP contribution in [-0.2, 0) is 6.54 Å². The Balaban J connectivity index is 1.52. The fourth-order valence-corrected chi connectivity index (χ4v) is 3.48. The van der Waals surface area contributed by atoms with Gasteiger partial charge in [0.25, 0.3) is 11.8 Å². The Morgan fingerprint density at radius 1 is 1.17 bits per heavy atom. The van der Waals surface area contributed by atoms with Gasteiger partial charge in [0.1, 0.15) is 5.65 Å². The minimum atomic E-state index is -0.324. The first-order valence-corrected chi connectivity index (χ1v) is 9.61. The summed E-state index contributed by atoms with van der Waals surface area (Å²) in [5, 5.41) is 17.1. The van der Waals surface area contributed by atoms with Gasteiger partial charge in [-0.05, 0) is 41.8 Å². The molecule has 0 aliphatic heterocycles. The van der Waals surface area contributed by atoms with Crippen LogP contribution in [0, 0.1) is 11.3 Å². The SMILES string of the molecule is N#Cc1ccc(C(=O)Nc2cnc3[nH]cc(C(=O)NCc4cccs4)c3c2)cc1. The average molecular weight is 401 g/mol. The molecule has 0 atom stereocenters. The van der Waals surface area contributed by atoms with Crippen molar-refractivity contribution in [2.75, 3.05) is 5.32 Å². The molecule has 2 amide bonds. The van der Waals surface area contributed by atoms with Crippen LogP contribution in [0.5, 0.6) is 0 Å². The summed E-state index contributed by atoms with van der Waals surface area (Å²) in [6.45, 7) is 0.450. The van der Waals surface area contributed by atoms with Crippen LogP contribution in [-0.4, -0.2) is 21.8 Å². The monoisotopic (exact) mass is 401 g/mol. The second-order valence-corrected chi connectivity index (χ2v) is 7.26. The first-order valence-electron chi connectivity index (χ1n) is 8.73. The fraction of sp³-hybridized carbons (Fsp3) is 0.0476. The Kier molecular flexibility index (Phi) is 5.05. The molecule has 0 saturated heterocycles. The lowest BCUT2D eigenvalue weighted by molar-refractivity contribution is 0.0952. The Hall–Kier alpha value is -3.96. The van der Waals surface area contributed by atoms with E-state index in [0.29, 0.717) is 40.0 Å². The van der Waals surface area contributed by atoms with E-state index in [2.05, 4.69) is 20.6 Å². The second kappa shape index (κ2) is 7.96. The van der Waals surface area contributed by atoms with Crippen molar-refractivity contribution in [3.8, 4) is 6.07 Å². The molecule has 4 rings (SSSR count). The number of hydrogen-bond donors (Lipinski definition) is 3. The van der Waals surface area contributed by atoms with E-state index in [1.807, 2.05) is 23.6 Å². The molecule has 0 aliphatic carbocycles. The van der Waals surface area contributed by atoms with Crippen LogP contribution >= 0.6 is 11.3 Å². The first-order chi connectivity index (χ1) is 14.1. The van der Waals surface area contributed by atoms with Crippen molar-refractivity contribution in [1.82, 2.24) is 15.3 Å². The summed E-state index contributed by atoms with van der Waals surface area (Å²) in [5.41, 5.74) is 2.39. The number of aromatic nitrogens is 2. The van der Waals surface area contributed by atoms with Gasteiger partial charge in [0, 0.05) is 22.0 Å². The third-order valence-corrected chi connectivity index (χ3v) is 5.19. The summed E-state index contributed by atoms with van der Waals surface area (Å²) in [6.07, 6.45) is 3.13. The van der Waals surface area contributed by atoms with Gasteiger partial charge < -0.3 is 15.6 Å². The van der Waals surface area contributed by atoms with Crippen molar-refractivity contribution >= 4 is 39.9 Å². The number of carbonyl (C=O) groups excluding carboxylic acids is 2. The number of rotatable bonds is 5. The predicted molar refractivity (Wildman–Crippen MR) is 111 cm³/mol. The number of thiophene rings is 1. The predicted octanol–water partition coefficient (Wildman–Crippen LogP) is 3.68. The average Bonchev–Trinajstić information content (AvgIpc) is 3.41. The number of carbonyl (C=O) groups is 2. The molecule has 0 radical (unpaired) electrons. The normalized spacial score (nSPS) is 10.4. The zero-order chi connectivity index (χ0) is 20.2. The lowest BCUT2D eigenvalue weighted by atomic mass is 10.1. The minimum Gasteiger partial charge on any atom is -0.347 e. The molecule has 3 heterocycles. The Bertz CT molecular complexity index is 1220. The quantitative estimate of drug-likeness (QED) is 0.474. The van der Waals surface area contributed by atoms with Gasteiger partial charge in [-0.1, -0.05) is 6.07 Å². The molecular weight excluding hydrogens is 386 g/mol. The second-order valence-electron chi connectivity index (χ2n) is 6.23. The zero-order valence-electron chi connectivity index (χ0n) is 15.1. The Morgan fingerprint density at radius 3 is 2.72 bits per heavy atom. The van der Waals surface area contributed by atoms with Crippen LogP contribution in [0.4, 0.5) is 5.69 Å². The fourth-order valence-electron chi connectivity index (χ4n) is 2.83. The number of nitrogens with one attached hydrogen (secondary N) is 3. The summed E-state index contributed by atoms with van der Waals surface area (Å²) in [5.74, 6) is -0.545. The standard InChI is InChI=1S/C21H15N5O2S/c22-9-13-3-5-14(6-4-13)20(27)26-15-8-17-18(12-24-19(17)23-10-15)21(28)25-11-16-2-1-7-29-16/h1-8,10,12H,11H2,(H,23,24)(H,25,28)(H,26,27). The third-order valence-electron chi connectivity index (χ3n) is 4.31. The molecule has 0 saturated carbocycles. The van der Waals surface area contributed by atoms with E-state index in [-0.39, 0.29) is 11.8 Å². The topological polar surface area (TPSA) is 111 Å². The van der Waals surface area contributed by atoms with Gasteiger partial charge in [0.15, 0.2) is 0 Å². The number of H-pyrrole nitrogens is 1. The van der Waals surface area contributed by atoms with Crippen molar-refractivity contribution in [2.45, 2.75) is 6.54 Å². The van der Waals surface area contributed by atoms with Crippen molar-refractivity contribution in [3.05, 3.63) is 81.8 Å². The van der Waals surface area contributed by atoms with E-state index in [9.17, 15) is 9.59 Å². The molecule has 0 bridgehead atoms. The maximum absolute atomic E-state index is 12.6. The molecule has 0 unspecified atom stereocenters. The van der Waals surface area contributed by atoms with Gasteiger partial charge in [0.05, 0.1) is 35.6 Å². The first kappa shape index (κ1) is 18.4. The molecule has 0 fully saturated rings. The van der Waals surface area contributed by atoms with Gasteiger partial charge in [-0.3, -0.25) is 9.59 Å². The number of anilines is 1.